The zero-order valence-electron chi connectivity index (χ0n) is 20.3. The standard InChI is InChI=1S/C28H21ClFN3O3S2/c1-15-10-11-16(2)20(12-15)24(34)22-23(17-7-5-8-19(29)13-17)33(26(36)25(22)35)27-31-32-28(38-27)37-14-18-6-3-4-9-21(18)30/h3-13,23,34H,14H2,1-2H3/b24-22+. The van der Waals surface area contributed by atoms with Crippen LogP contribution in [0.15, 0.2) is 76.6 Å². The summed E-state index contributed by atoms with van der Waals surface area (Å²) in [5.41, 5.74) is 3.12. The smallest absolute Gasteiger partial charge is 0.301 e. The van der Waals surface area contributed by atoms with Crippen LogP contribution in [0.3, 0.4) is 0 Å². The first kappa shape index (κ1) is 26.1. The molecule has 1 unspecified atom stereocenters. The summed E-state index contributed by atoms with van der Waals surface area (Å²) in [5, 5.41) is 20.3. The van der Waals surface area contributed by atoms with Gasteiger partial charge < -0.3 is 5.11 Å². The number of benzene rings is 3. The lowest BCUT2D eigenvalue weighted by atomic mass is 9.93. The number of aliphatic hydroxyl groups is 1. The molecule has 1 aromatic heterocycles. The number of anilines is 1. The van der Waals surface area contributed by atoms with Gasteiger partial charge in [-0.25, -0.2) is 4.39 Å². The molecule has 0 radical (unpaired) electrons. The van der Waals surface area contributed by atoms with Crippen molar-refractivity contribution in [2.75, 3.05) is 4.90 Å². The van der Waals surface area contributed by atoms with Crippen LogP contribution in [0.2, 0.25) is 5.02 Å². The largest absolute Gasteiger partial charge is 0.507 e. The van der Waals surface area contributed by atoms with Crippen molar-refractivity contribution in [3.63, 3.8) is 0 Å². The number of Topliss-reactive ketones (excluding diaryl/α,β-unsaturated/α-hetero) is 1. The maximum absolute atomic E-state index is 14.0. The molecule has 38 heavy (non-hydrogen) atoms. The van der Waals surface area contributed by atoms with Gasteiger partial charge in [-0.05, 0) is 54.8 Å². The van der Waals surface area contributed by atoms with Crippen molar-refractivity contribution < 1.29 is 19.1 Å². The third-order valence-corrected chi connectivity index (χ3v) is 8.51. The lowest BCUT2D eigenvalue weighted by Gasteiger charge is -2.23. The molecule has 1 amide bonds. The lowest BCUT2D eigenvalue weighted by Crippen LogP contribution is -2.29. The van der Waals surface area contributed by atoms with Crippen LogP contribution in [-0.4, -0.2) is 27.0 Å². The number of halogens is 2. The van der Waals surface area contributed by atoms with E-state index in [1.54, 1.807) is 48.5 Å². The highest BCUT2D eigenvalue weighted by Crippen LogP contribution is 2.44. The molecular formula is C28H21ClFN3O3S2. The molecule has 0 bridgehead atoms. The number of hydrogen-bond acceptors (Lipinski definition) is 7. The van der Waals surface area contributed by atoms with Crippen molar-refractivity contribution in [2.45, 2.75) is 30.0 Å². The Labute approximate surface area is 231 Å². The molecule has 4 aromatic rings. The number of rotatable bonds is 6. The number of aryl methyl sites for hydroxylation is 2. The van der Waals surface area contributed by atoms with E-state index in [-0.39, 0.29) is 22.3 Å². The van der Waals surface area contributed by atoms with Crippen LogP contribution in [0.25, 0.3) is 5.76 Å². The molecule has 5 rings (SSSR count). The van der Waals surface area contributed by atoms with Gasteiger partial charge in [0.05, 0.1) is 11.6 Å². The monoisotopic (exact) mass is 565 g/mol. The highest BCUT2D eigenvalue weighted by atomic mass is 35.5. The normalized spacial score (nSPS) is 16.8. The summed E-state index contributed by atoms with van der Waals surface area (Å²) < 4.78 is 14.5. The SMILES string of the molecule is Cc1ccc(C)c(/C(O)=C2\C(=O)C(=O)N(c3nnc(SCc4ccccc4F)s3)C2c2cccc(Cl)c2)c1. The minimum atomic E-state index is -0.967. The van der Waals surface area contributed by atoms with Crippen LogP contribution in [-0.2, 0) is 15.3 Å². The topological polar surface area (TPSA) is 83.4 Å². The molecule has 1 fully saturated rings. The summed E-state index contributed by atoms with van der Waals surface area (Å²) in [6.45, 7) is 3.70. The first-order valence-electron chi connectivity index (χ1n) is 11.6. The number of amides is 1. The predicted octanol–water partition coefficient (Wildman–Crippen LogP) is 6.87. The van der Waals surface area contributed by atoms with E-state index in [9.17, 15) is 19.1 Å². The minimum Gasteiger partial charge on any atom is -0.507 e. The Bertz CT molecular complexity index is 1600. The molecule has 3 aromatic carbocycles. The molecule has 1 N–H and O–H groups in total. The summed E-state index contributed by atoms with van der Waals surface area (Å²) in [4.78, 5) is 28.0. The Morgan fingerprint density at radius 2 is 1.87 bits per heavy atom. The van der Waals surface area contributed by atoms with Crippen LogP contribution >= 0.6 is 34.7 Å². The molecule has 1 aliphatic rings. The van der Waals surface area contributed by atoms with Gasteiger partial charge >= 0.3 is 5.91 Å². The Morgan fingerprint density at radius 3 is 2.63 bits per heavy atom. The fourth-order valence-corrected chi connectivity index (χ4v) is 6.32. The average molecular weight is 566 g/mol. The Kier molecular flexibility index (Phi) is 7.34. The highest BCUT2D eigenvalue weighted by molar-refractivity contribution is 8.00. The van der Waals surface area contributed by atoms with Gasteiger partial charge in [0.25, 0.3) is 5.78 Å². The second-order valence-corrected chi connectivity index (χ2v) is 11.4. The third kappa shape index (κ3) is 4.97. The van der Waals surface area contributed by atoms with Crippen LogP contribution in [0, 0.1) is 19.7 Å². The maximum Gasteiger partial charge on any atom is 0.301 e. The molecule has 1 aliphatic heterocycles. The predicted molar refractivity (Wildman–Crippen MR) is 148 cm³/mol. The van der Waals surface area contributed by atoms with E-state index in [1.807, 2.05) is 26.0 Å². The van der Waals surface area contributed by atoms with Crippen LogP contribution in [0.4, 0.5) is 9.52 Å². The molecule has 0 aliphatic carbocycles. The first-order chi connectivity index (χ1) is 18.2. The summed E-state index contributed by atoms with van der Waals surface area (Å²) in [7, 11) is 0. The van der Waals surface area contributed by atoms with Crippen LogP contribution in [0.1, 0.15) is 33.9 Å². The maximum atomic E-state index is 14.0. The van der Waals surface area contributed by atoms with Crippen molar-refractivity contribution in [3.05, 3.63) is 111 Å². The molecule has 10 heteroatoms. The number of aliphatic hydroxyl groups excluding tert-OH is 1. The van der Waals surface area contributed by atoms with E-state index < -0.39 is 17.7 Å². The number of hydrogen-bond donors (Lipinski definition) is 1. The van der Waals surface area contributed by atoms with Gasteiger partial charge in [-0.3, -0.25) is 14.5 Å². The number of aromatic nitrogens is 2. The molecule has 2 heterocycles. The Hall–Kier alpha value is -3.53. The van der Waals surface area contributed by atoms with E-state index in [0.717, 1.165) is 22.5 Å². The molecule has 0 spiro atoms. The fraction of sp³-hybridized carbons (Fsp3) is 0.143. The third-order valence-electron chi connectivity index (χ3n) is 6.17. The summed E-state index contributed by atoms with van der Waals surface area (Å²) >= 11 is 8.66. The summed E-state index contributed by atoms with van der Waals surface area (Å²) in [5.74, 6) is -1.92. The van der Waals surface area contributed by atoms with E-state index in [1.165, 1.54) is 22.7 Å². The first-order valence-corrected chi connectivity index (χ1v) is 13.8. The minimum absolute atomic E-state index is 0.0540. The average Bonchev–Trinajstić information content (AvgIpc) is 3.46. The van der Waals surface area contributed by atoms with Gasteiger partial charge in [0.15, 0.2) is 4.34 Å². The fourth-order valence-electron chi connectivity index (χ4n) is 4.27. The number of thioether (sulfide) groups is 1. The van der Waals surface area contributed by atoms with Gasteiger partial charge in [0.2, 0.25) is 5.13 Å². The Morgan fingerprint density at radius 1 is 1.08 bits per heavy atom. The second-order valence-electron chi connectivity index (χ2n) is 8.77. The van der Waals surface area contributed by atoms with Gasteiger partial charge in [-0.2, -0.15) is 0 Å². The molecule has 1 atom stereocenters. The second kappa shape index (κ2) is 10.7. The molecule has 6 nitrogen and oxygen atoms in total. The molecule has 1 saturated heterocycles. The summed E-state index contributed by atoms with van der Waals surface area (Å²) in [6.07, 6.45) is 0. The van der Waals surface area contributed by atoms with Crippen molar-refractivity contribution in [1.82, 2.24) is 10.2 Å². The van der Waals surface area contributed by atoms with Crippen molar-refractivity contribution >= 4 is 57.3 Å². The van der Waals surface area contributed by atoms with Gasteiger partial charge in [0.1, 0.15) is 11.6 Å². The van der Waals surface area contributed by atoms with E-state index >= 15 is 0 Å². The zero-order valence-corrected chi connectivity index (χ0v) is 22.7. The summed E-state index contributed by atoms with van der Waals surface area (Å²) in [6, 6.07) is 17.8. The van der Waals surface area contributed by atoms with E-state index in [2.05, 4.69) is 10.2 Å². The number of carbonyl (C=O) groups is 2. The lowest BCUT2D eigenvalue weighted by molar-refractivity contribution is -0.132. The van der Waals surface area contributed by atoms with Gasteiger partial charge in [-0.15, -0.1) is 10.2 Å². The van der Waals surface area contributed by atoms with Crippen LogP contribution in [0.5, 0.6) is 0 Å². The Balaban J connectivity index is 1.58. The molecular weight excluding hydrogens is 545 g/mol. The molecule has 192 valence electrons. The number of carbonyl (C=O) groups excluding carboxylic acids is 2. The number of ketones is 1. The number of nitrogens with zero attached hydrogens (tertiary/aromatic N) is 3. The highest BCUT2D eigenvalue weighted by Gasteiger charge is 2.48. The van der Waals surface area contributed by atoms with Gasteiger partial charge in [0, 0.05) is 16.3 Å². The quantitative estimate of drug-likeness (QED) is 0.0903. The molecule has 0 saturated carbocycles. The van der Waals surface area contributed by atoms with Crippen molar-refractivity contribution in [3.8, 4) is 0 Å². The van der Waals surface area contributed by atoms with E-state index in [4.69, 9.17) is 11.6 Å². The van der Waals surface area contributed by atoms with Crippen molar-refractivity contribution in [2.24, 2.45) is 0 Å². The van der Waals surface area contributed by atoms with E-state index in [0.29, 0.717) is 31.8 Å². The van der Waals surface area contributed by atoms with Gasteiger partial charge in [-0.1, -0.05) is 82.7 Å². The zero-order chi connectivity index (χ0) is 27.0. The van der Waals surface area contributed by atoms with Crippen LogP contribution < -0.4 is 4.90 Å². The van der Waals surface area contributed by atoms with Crippen molar-refractivity contribution in [1.29, 1.82) is 0 Å².